The highest BCUT2D eigenvalue weighted by atomic mass is 32.1. The van der Waals surface area contributed by atoms with E-state index in [4.69, 9.17) is 9.47 Å². The van der Waals surface area contributed by atoms with Gasteiger partial charge in [0.25, 0.3) is 0 Å². The summed E-state index contributed by atoms with van der Waals surface area (Å²) in [6, 6.07) is 6.12. The van der Waals surface area contributed by atoms with Crippen LogP contribution in [0.1, 0.15) is 28.4 Å². The largest absolute Gasteiger partial charge is 0.493 e. The predicted octanol–water partition coefficient (Wildman–Crippen LogP) is 3.32. The lowest BCUT2D eigenvalue weighted by molar-refractivity contribution is 0.350. The number of aromatic nitrogens is 1. The van der Waals surface area contributed by atoms with Gasteiger partial charge in [-0.3, -0.25) is 0 Å². The number of hydrogen-bond donors (Lipinski definition) is 1. The first kappa shape index (κ1) is 14.8. The van der Waals surface area contributed by atoms with Crippen molar-refractivity contribution in [1.29, 1.82) is 0 Å². The maximum absolute atomic E-state index is 5.43. The van der Waals surface area contributed by atoms with E-state index in [0.717, 1.165) is 22.1 Å². The Morgan fingerprint density at radius 1 is 1.30 bits per heavy atom. The normalized spacial score (nSPS) is 12.2. The maximum atomic E-state index is 5.43. The molecule has 20 heavy (non-hydrogen) atoms. The van der Waals surface area contributed by atoms with Gasteiger partial charge in [-0.1, -0.05) is 12.1 Å². The van der Waals surface area contributed by atoms with Gasteiger partial charge in [0, 0.05) is 23.2 Å². The standard InChI is InChI=1S/C15H20N2O2S/c1-10-8-17-15(20-10)11(2)16-9-12-6-5-7-13(18-3)14(12)19-4/h5-8,11,16H,9H2,1-4H3. The van der Waals surface area contributed by atoms with E-state index in [2.05, 4.69) is 24.1 Å². The van der Waals surface area contributed by atoms with Crippen LogP contribution >= 0.6 is 11.3 Å². The number of nitrogens with zero attached hydrogens (tertiary/aromatic N) is 1. The maximum Gasteiger partial charge on any atom is 0.165 e. The SMILES string of the molecule is COc1cccc(CNC(C)c2ncc(C)s2)c1OC. The van der Waals surface area contributed by atoms with Crippen LogP contribution in [0.4, 0.5) is 0 Å². The number of para-hydroxylation sites is 1. The smallest absolute Gasteiger partial charge is 0.165 e. The lowest BCUT2D eigenvalue weighted by Crippen LogP contribution is -2.18. The summed E-state index contributed by atoms with van der Waals surface area (Å²) in [5.74, 6) is 1.54. The molecule has 2 rings (SSSR count). The Bertz CT molecular complexity index is 569. The molecular weight excluding hydrogens is 272 g/mol. The lowest BCUT2D eigenvalue weighted by Gasteiger charge is -2.15. The first-order valence-electron chi connectivity index (χ1n) is 6.51. The minimum absolute atomic E-state index is 0.213. The molecule has 0 aliphatic carbocycles. The van der Waals surface area contributed by atoms with Gasteiger partial charge in [-0.25, -0.2) is 4.98 Å². The highest BCUT2D eigenvalue weighted by molar-refractivity contribution is 7.11. The van der Waals surface area contributed by atoms with E-state index in [-0.39, 0.29) is 6.04 Å². The molecule has 0 radical (unpaired) electrons. The van der Waals surface area contributed by atoms with Gasteiger partial charge in [-0.05, 0) is 19.9 Å². The van der Waals surface area contributed by atoms with Crippen molar-refractivity contribution in [3.8, 4) is 11.5 Å². The van der Waals surface area contributed by atoms with Gasteiger partial charge in [0.15, 0.2) is 11.5 Å². The molecule has 1 heterocycles. The van der Waals surface area contributed by atoms with Crippen LogP contribution in [0.2, 0.25) is 0 Å². The van der Waals surface area contributed by atoms with Crippen LogP contribution in [0.3, 0.4) is 0 Å². The zero-order valence-electron chi connectivity index (χ0n) is 12.3. The molecule has 0 aliphatic heterocycles. The molecule has 0 fully saturated rings. The quantitative estimate of drug-likeness (QED) is 0.887. The number of benzene rings is 1. The molecule has 5 heteroatoms. The average molecular weight is 292 g/mol. The Hall–Kier alpha value is -1.59. The van der Waals surface area contributed by atoms with Crippen LogP contribution in [0.15, 0.2) is 24.4 Å². The van der Waals surface area contributed by atoms with E-state index in [9.17, 15) is 0 Å². The number of nitrogens with one attached hydrogen (secondary N) is 1. The molecule has 1 N–H and O–H groups in total. The molecular formula is C15H20N2O2S. The van der Waals surface area contributed by atoms with Crippen molar-refractivity contribution in [2.24, 2.45) is 0 Å². The number of rotatable bonds is 6. The second-order valence-corrected chi connectivity index (χ2v) is 5.83. The van der Waals surface area contributed by atoms with Crippen molar-refractivity contribution >= 4 is 11.3 Å². The highest BCUT2D eigenvalue weighted by Crippen LogP contribution is 2.31. The minimum atomic E-state index is 0.213. The van der Waals surface area contributed by atoms with Crippen LogP contribution in [-0.4, -0.2) is 19.2 Å². The van der Waals surface area contributed by atoms with Gasteiger partial charge in [0.2, 0.25) is 0 Å². The van der Waals surface area contributed by atoms with Crippen LogP contribution < -0.4 is 14.8 Å². The summed E-state index contributed by atoms with van der Waals surface area (Å²) in [5, 5.41) is 4.57. The summed E-state index contributed by atoms with van der Waals surface area (Å²) in [6.07, 6.45) is 1.91. The van der Waals surface area contributed by atoms with E-state index < -0.39 is 0 Å². The topological polar surface area (TPSA) is 43.4 Å². The highest BCUT2D eigenvalue weighted by Gasteiger charge is 2.12. The molecule has 2 aromatic rings. The fourth-order valence-corrected chi connectivity index (χ4v) is 2.82. The summed E-state index contributed by atoms with van der Waals surface area (Å²) in [7, 11) is 3.31. The lowest BCUT2D eigenvalue weighted by atomic mass is 10.1. The van der Waals surface area contributed by atoms with Gasteiger partial charge in [0.05, 0.1) is 20.3 Å². The summed E-state index contributed by atoms with van der Waals surface area (Å²) < 4.78 is 10.7. The second-order valence-electron chi connectivity index (χ2n) is 4.56. The number of hydrogen-bond acceptors (Lipinski definition) is 5. The van der Waals surface area contributed by atoms with Crippen LogP contribution in [0.25, 0.3) is 0 Å². The molecule has 0 saturated carbocycles. The van der Waals surface area contributed by atoms with Gasteiger partial charge in [-0.15, -0.1) is 11.3 Å². The predicted molar refractivity (Wildman–Crippen MR) is 81.7 cm³/mol. The zero-order chi connectivity index (χ0) is 14.5. The van der Waals surface area contributed by atoms with Crippen molar-refractivity contribution in [3.63, 3.8) is 0 Å². The van der Waals surface area contributed by atoms with E-state index >= 15 is 0 Å². The van der Waals surface area contributed by atoms with Crippen molar-refractivity contribution in [3.05, 3.63) is 39.8 Å². The molecule has 0 bridgehead atoms. The summed E-state index contributed by atoms with van der Waals surface area (Å²) in [6.45, 7) is 4.89. The Labute approximate surface area is 123 Å². The van der Waals surface area contributed by atoms with Crippen molar-refractivity contribution in [1.82, 2.24) is 10.3 Å². The summed E-state index contributed by atoms with van der Waals surface area (Å²) >= 11 is 1.72. The van der Waals surface area contributed by atoms with Crippen LogP contribution in [-0.2, 0) is 6.54 Å². The molecule has 0 spiro atoms. The molecule has 0 amide bonds. The van der Waals surface area contributed by atoms with Crippen LogP contribution in [0.5, 0.6) is 11.5 Å². The molecule has 108 valence electrons. The Morgan fingerprint density at radius 2 is 2.10 bits per heavy atom. The molecule has 0 aliphatic rings. The van der Waals surface area contributed by atoms with E-state index in [0.29, 0.717) is 6.54 Å². The molecule has 1 unspecified atom stereocenters. The third kappa shape index (κ3) is 3.29. The molecule has 1 aromatic carbocycles. The fraction of sp³-hybridized carbons (Fsp3) is 0.400. The second kappa shape index (κ2) is 6.72. The molecule has 1 atom stereocenters. The Balaban J connectivity index is 2.07. The van der Waals surface area contributed by atoms with E-state index in [1.54, 1.807) is 25.6 Å². The average Bonchev–Trinajstić information content (AvgIpc) is 2.90. The first-order chi connectivity index (χ1) is 9.65. The number of ether oxygens (including phenoxy) is 2. The number of methoxy groups -OCH3 is 2. The Kier molecular flexibility index (Phi) is 4.98. The van der Waals surface area contributed by atoms with Gasteiger partial charge >= 0.3 is 0 Å². The first-order valence-corrected chi connectivity index (χ1v) is 7.33. The fourth-order valence-electron chi connectivity index (χ4n) is 2.02. The van der Waals surface area contributed by atoms with Gasteiger partial charge in [0.1, 0.15) is 5.01 Å². The number of thiazole rings is 1. The van der Waals surface area contributed by atoms with Crippen molar-refractivity contribution in [2.75, 3.05) is 14.2 Å². The van der Waals surface area contributed by atoms with Crippen molar-refractivity contribution < 1.29 is 9.47 Å². The Morgan fingerprint density at radius 3 is 2.70 bits per heavy atom. The summed E-state index contributed by atoms with van der Waals surface area (Å²) in [4.78, 5) is 5.63. The molecule has 1 aromatic heterocycles. The third-order valence-corrected chi connectivity index (χ3v) is 4.19. The number of aryl methyl sites for hydroxylation is 1. The van der Waals surface area contributed by atoms with Gasteiger partial charge in [-0.2, -0.15) is 0 Å². The summed E-state index contributed by atoms with van der Waals surface area (Å²) in [5.41, 5.74) is 1.08. The van der Waals surface area contributed by atoms with Gasteiger partial charge < -0.3 is 14.8 Å². The molecule has 4 nitrogen and oxygen atoms in total. The third-order valence-electron chi connectivity index (χ3n) is 3.09. The van der Waals surface area contributed by atoms with Crippen molar-refractivity contribution in [2.45, 2.75) is 26.4 Å². The van der Waals surface area contributed by atoms with Crippen LogP contribution in [0, 0.1) is 6.92 Å². The minimum Gasteiger partial charge on any atom is -0.493 e. The monoisotopic (exact) mass is 292 g/mol. The van der Waals surface area contributed by atoms with E-state index in [1.807, 2.05) is 24.4 Å². The van der Waals surface area contributed by atoms with E-state index in [1.165, 1.54) is 4.88 Å². The zero-order valence-corrected chi connectivity index (χ0v) is 13.1. The molecule has 0 saturated heterocycles.